The summed E-state index contributed by atoms with van der Waals surface area (Å²) in [7, 11) is 0. The smallest absolute Gasteiger partial charge is 0.452 e. The number of benzene rings is 1. The van der Waals surface area contributed by atoms with Crippen LogP contribution in [0.3, 0.4) is 0 Å². The van der Waals surface area contributed by atoms with Crippen molar-refractivity contribution in [1.29, 1.82) is 0 Å². The molecule has 1 aromatic heterocycles. The van der Waals surface area contributed by atoms with Crippen molar-refractivity contribution in [3.05, 3.63) is 34.6 Å². The van der Waals surface area contributed by atoms with Crippen LogP contribution in [-0.4, -0.2) is 33.1 Å². The predicted octanol–water partition coefficient (Wildman–Crippen LogP) is 4.13. The van der Waals surface area contributed by atoms with Gasteiger partial charge in [0.15, 0.2) is 5.16 Å². The molecule has 1 heterocycles. The number of ether oxygens (including phenoxy) is 1. The highest BCUT2D eigenvalue weighted by atomic mass is 32.2. The molecular weight excluding hydrogens is 379 g/mol. The first-order valence-corrected chi connectivity index (χ1v) is 9.74. The summed E-state index contributed by atoms with van der Waals surface area (Å²) in [5, 5.41) is 7.12. The third-order valence-corrected chi connectivity index (χ3v) is 5.40. The first-order valence-electron chi connectivity index (χ1n) is 8.75. The van der Waals surface area contributed by atoms with Crippen LogP contribution in [0.25, 0.3) is 5.69 Å². The van der Waals surface area contributed by atoms with Gasteiger partial charge in [0.1, 0.15) is 0 Å². The molecule has 5 nitrogen and oxygen atoms in total. The van der Waals surface area contributed by atoms with E-state index in [0.717, 1.165) is 52.3 Å². The molecule has 1 aliphatic rings. The first kappa shape index (κ1) is 19.7. The largest absolute Gasteiger partial charge is 0.465 e. The Labute approximate surface area is 159 Å². The molecule has 146 valence electrons. The number of hydrogen-bond acceptors (Lipinski definition) is 5. The van der Waals surface area contributed by atoms with Gasteiger partial charge in [-0.25, -0.2) is 0 Å². The molecule has 27 heavy (non-hydrogen) atoms. The molecule has 0 atom stereocenters. The Hall–Kier alpha value is -2.03. The fourth-order valence-corrected chi connectivity index (χ4v) is 4.07. The molecule has 0 radical (unpaired) electrons. The number of fused-ring (bicyclic) bond motifs is 1. The van der Waals surface area contributed by atoms with Gasteiger partial charge in [-0.05, 0) is 62.3 Å². The lowest BCUT2D eigenvalue weighted by molar-refractivity contribution is -0.146. The number of carbonyl (C=O) groups excluding carboxylic acids is 1. The topological polar surface area (TPSA) is 57.0 Å². The maximum Gasteiger partial charge on any atom is 0.452 e. The minimum atomic E-state index is -4.65. The number of aryl methyl sites for hydroxylation is 1. The molecule has 0 amide bonds. The molecule has 1 aliphatic carbocycles. The van der Waals surface area contributed by atoms with Crippen LogP contribution in [0.15, 0.2) is 17.3 Å². The molecule has 2 aromatic rings. The van der Waals surface area contributed by atoms with Gasteiger partial charge in [0.05, 0.1) is 18.0 Å². The number of thioether (sulfide) groups is 1. The van der Waals surface area contributed by atoms with E-state index in [4.69, 9.17) is 4.74 Å². The van der Waals surface area contributed by atoms with Gasteiger partial charge < -0.3 is 4.74 Å². The zero-order chi connectivity index (χ0) is 19.6. The third-order valence-electron chi connectivity index (χ3n) is 4.50. The molecule has 0 saturated carbocycles. The van der Waals surface area contributed by atoms with Gasteiger partial charge in [-0.1, -0.05) is 17.8 Å². The monoisotopic (exact) mass is 399 g/mol. The van der Waals surface area contributed by atoms with Crippen LogP contribution < -0.4 is 0 Å². The first-order chi connectivity index (χ1) is 12.8. The van der Waals surface area contributed by atoms with Crippen LogP contribution in [-0.2, 0) is 28.5 Å². The molecule has 0 saturated heterocycles. The van der Waals surface area contributed by atoms with Crippen molar-refractivity contribution in [3.8, 4) is 5.69 Å². The van der Waals surface area contributed by atoms with Crippen LogP contribution >= 0.6 is 11.8 Å². The summed E-state index contributed by atoms with van der Waals surface area (Å²) >= 11 is 0.897. The van der Waals surface area contributed by atoms with Crippen molar-refractivity contribution < 1.29 is 22.7 Å². The number of alkyl halides is 3. The minimum absolute atomic E-state index is 0.0343. The average Bonchev–Trinajstić information content (AvgIpc) is 3.05. The highest BCUT2D eigenvalue weighted by molar-refractivity contribution is 7.99. The summed E-state index contributed by atoms with van der Waals surface area (Å²) in [5.74, 6) is -1.71. The van der Waals surface area contributed by atoms with E-state index in [-0.39, 0.29) is 17.5 Å². The van der Waals surface area contributed by atoms with Gasteiger partial charge in [-0.3, -0.25) is 9.36 Å². The molecule has 3 rings (SSSR count). The Morgan fingerprint density at radius 3 is 2.59 bits per heavy atom. The van der Waals surface area contributed by atoms with Crippen LogP contribution in [0, 0.1) is 6.92 Å². The van der Waals surface area contributed by atoms with Gasteiger partial charge in [-0.2, -0.15) is 13.2 Å². The fraction of sp³-hybridized carbons (Fsp3) is 0.500. The highest BCUT2D eigenvalue weighted by Crippen LogP contribution is 2.37. The normalized spacial score (nSPS) is 14.1. The molecule has 0 unspecified atom stereocenters. The zero-order valence-corrected chi connectivity index (χ0v) is 15.9. The Bertz CT molecular complexity index is 849. The SMILES string of the molecule is CCOC(=O)CSc1nnc(C(F)(F)F)n1-c1ccc(C)c2c1CCCC2. The summed E-state index contributed by atoms with van der Waals surface area (Å²) in [4.78, 5) is 11.6. The number of nitrogens with zero attached hydrogens (tertiary/aromatic N) is 3. The van der Waals surface area contributed by atoms with Crippen molar-refractivity contribution in [2.24, 2.45) is 0 Å². The lowest BCUT2D eigenvalue weighted by Gasteiger charge is -2.23. The highest BCUT2D eigenvalue weighted by Gasteiger charge is 2.39. The van der Waals surface area contributed by atoms with Gasteiger partial charge >= 0.3 is 12.1 Å². The number of aromatic nitrogens is 3. The van der Waals surface area contributed by atoms with E-state index in [1.165, 1.54) is 0 Å². The van der Waals surface area contributed by atoms with Crippen molar-refractivity contribution in [2.45, 2.75) is 50.9 Å². The van der Waals surface area contributed by atoms with E-state index in [9.17, 15) is 18.0 Å². The fourth-order valence-electron chi connectivity index (χ4n) is 3.33. The second-order valence-electron chi connectivity index (χ2n) is 6.30. The molecule has 0 aliphatic heterocycles. The van der Waals surface area contributed by atoms with E-state index in [0.29, 0.717) is 12.1 Å². The van der Waals surface area contributed by atoms with Crippen LogP contribution in [0.2, 0.25) is 0 Å². The lowest BCUT2D eigenvalue weighted by Crippen LogP contribution is -2.18. The standard InChI is InChI=1S/C18H20F3N3O2S/c1-3-26-15(25)10-27-17-23-22-16(18(19,20)21)24(17)14-9-8-11(2)12-6-4-5-7-13(12)14/h8-9H,3-7,10H2,1-2H3. The molecular formula is C18H20F3N3O2S. The van der Waals surface area contributed by atoms with Gasteiger partial charge in [0, 0.05) is 0 Å². The van der Waals surface area contributed by atoms with Crippen molar-refractivity contribution in [1.82, 2.24) is 14.8 Å². The van der Waals surface area contributed by atoms with E-state index in [1.807, 2.05) is 13.0 Å². The summed E-state index contributed by atoms with van der Waals surface area (Å²) in [6.07, 6.45) is -1.13. The second-order valence-corrected chi connectivity index (χ2v) is 7.24. The van der Waals surface area contributed by atoms with E-state index in [1.54, 1.807) is 13.0 Å². The zero-order valence-electron chi connectivity index (χ0n) is 15.1. The summed E-state index contributed by atoms with van der Waals surface area (Å²) in [6, 6.07) is 3.52. The Morgan fingerprint density at radius 2 is 1.93 bits per heavy atom. The minimum Gasteiger partial charge on any atom is -0.465 e. The van der Waals surface area contributed by atoms with Gasteiger partial charge in [-0.15, -0.1) is 10.2 Å². The van der Waals surface area contributed by atoms with Crippen molar-refractivity contribution in [3.63, 3.8) is 0 Å². The quantitative estimate of drug-likeness (QED) is 0.559. The van der Waals surface area contributed by atoms with Gasteiger partial charge in [0.2, 0.25) is 5.82 Å². The number of hydrogen-bond donors (Lipinski definition) is 0. The Morgan fingerprint density at radius 1 is 1.22 bits per heavy atom. The summed E-state index contributed by atoms with van der Waals surface area (Å²) in [5.41, 5.74) is 3.53. The number of carbonyl (C=O) groups is 1. The number of rotatable bonds is 5. The molecule has 0 N–H and O–H groups in total. The van der Waals surface area contributed by atoms with Crippen molar-refractivity contribution in [2.75, 3.05) is 12.4 Å². The lowest BCUT2D eigenvalue weighted by atomic mass is 9.87. The molecule has 0 spiro atoms. The molecule has 9 heteroatoms. The maximum absolute atomic E-state index is 13.6. The Balaban J connectivity index is 2.08. The molecule has 0 bridgehead atoms. The second kappa shape index (κ2) is 7.92. The molecule has 1 aromatic carbocycles. The molecule has 0 fully saturated rings. The number of esters is 1. The van der Waals surface area contributed by atoms with Crippen LogP contribution in [0.1, 0.15) is 42.3 Å². The van der Waals surface area contributed by atoms with Crippen LogP contribution in [0.4, 0.5) is 13.2 Å². The summed E-state index contributed by atoms with van der Waals surface area (Å²) < 4.78 is 46.5. The Kier molecular flexibility index (Phi) is 5.78. The van der Waals surface area contributed by atoms with Gasteiger partial charge in [0.25, 0.3) is 0 Å². The maximum atomic E-state index is 13.6. The average molecular weight is 399 g/mol. The predicted molar refractivity (Wildman–Crippen MR) is 95.1 cm³/mol. The third kappa shape index (κ3) is 4.12. The van der Waals surface area contributed by atoms with E-state index >= 15 is 0 Å². The summed E-state index contributed by atoms with van der Waals surface area (Å²) in [6.45, 7) is 3.86. The van der Waals surface area contributed by atoms with Crippen molar-refractivity contribution >= 4 is 17.7 Å². The van der Waals surface area contributed by atoms with E-state index < -0.39 is 18.0 Å². The van der Waals surface area contributed by atoms with E-state index in [2.05, 4.69) is 10.2 Å². The van der Waals surface area contributed by atoms with Crippen LogP contribution in [0.5, 0.6) is 0 Å². The number of halogens is 3.